The van der Waals surface area contributed by atoms with Crippen molar-refractivity contribution in [3.8, 4) is 0 Å². The zero-order valence-electron chi connectivity index (χ0n) is 11.9. The lowest BCUT2D eigenvalue weighted by atomic mass is 9.88. The summed E-state index contributed by atoms with van der Waals surface area (Å²) in [6, 6.07) is -1.22. The molecular weight excluding hydrogens is 250 g/mol. The summed E-state index contributed by atoms with van der Waals surface area (Å²) in [6.45, 7) is 7.13. The number of aliphatic carboxylic acids is 1. The molecule has 2 atom stereocenters. The van der Waals surface area contributed by atoms with E-state index in [0.29, 0.717) is 13.0 Å². The summed E-state index contributed by atoms with van der Waals surface area (Å²) < 4.78 is 0. The predicted octanol–water partition coefficient (Wildman–Crippen LogP) is 0.311. The number of carboxylic acids is 1. The molecule has 3 amide bonds. The van der Waals surface area contributed by atoms with Crippen LogP contribution in [0.3, 0.4) is 0 Å². The van der Waals surface area contributed by atoms with Crippen LogP contribution in [0, 0.1) is 5.41 Å². The van der Waals surface area contributed by atoms with Crippen LogP contribution >= 0.6 is 0 Å². The lowest BCUT2D eigenvalue weighted by molar-refractivity contribution is -0.147. The van der Waals surface area contributed by atoms with Gasteiger partial charge < -0.3 is 21.1 Å². The van der Waals surface area contributed by atoms with E-state index in [2.05, 4.69) is 16.0 Å². The highest BCUT2D eigenvalue weighted by atomic mass is 16.4. The second-order valence-corrected chi connectivity index (χ2v) is 4.66. The van der Waals surface area contributed by atoms with Gasteiger partial charge in [0.1, 0.15) is 6.04 Å². The molecule has 19 heavy (non-hydrogen) atoms. The molecule has 0 aliphatic rings. The molecule has 0 fully saturated rings. The number of nitrogens with one attached hydrogen (secondary N) is 3. The number of carboxylic acid groups (broad SMARTS) is 1. The Morgan fingerprint density at radius 1 is 1.21 bits per heavy atom. The van der Waals surface area contributed by atoms with Crippen molar-refractivity contribution in [2.75, 3.05) is 13.1 Å². The molecule has 0 aliphatic heterocycles. The Morgan fingerprint density at radius 3 is 2.21 bits per heavy atom. The number of hydrogen-bond donors (Lipinski definition) is 4. The van der Waals surface area contributed by atoms with Crippen molar-refractivity contribution >= 4 is 17.9 Å². The average Bonchev–Trinajstić information content (AvgIpc) is 2.35. The van der Waals surface area contributed by atoms with Crippen LogP contribution in [0.1, 0.15) is 34.1 Å². The molecule has 0 aromatic heterocycles. The molecule has 2 unspecified atom stereocenters. The number of amides is 3. The molecule has 0 aromatic rings. The molecule has 7 nitrogen and oxygen atoms in total. The summed E-state index contributed by atoms with van der Waals surface area (Å²) in [5.74, 6) is -1.25. The van der Waals surface area contributed by atoms with E-state index in [4.69, 9.17) is 5.11 Å². The van der Waals surface area contributed by atoms with Gasteiger partial charge in [0, 0.05) is 13.1 Å². The monoisotopic (exact) mass is 273 g/mol. The minimum absolute atomic E-state index is 0.00673. The number of urea groups is 1. The fraction of sp³-hybridized carbons (Fsp3) is 0.750. The maximum Gasteiger partial charge on any atom is 0.315 e. The first-order valence-electron chi connectivity index (χ1n) is 6.32. The quantitative estimate of drug-likeness (QED) is 0.535. The third kappa shape index (κ3) is 5.58. The van der Waals surface area contributed by atoms with E-state index in [1.165, 1.54) is 0 Å². The number of carbonyl (C=O) groups is 3. The molecule has 0 aliphatic carbocycles. The van der Waals surface area contributed by atoms with Crippen LogP contribution in [-0.2, 0) is 9.59 Å². The van der Waals surface area contributed by atoms with Gasteiger partial charge in [0.25, 0.3) is 0 Å². The van der Waals surface area contributed by atoms with Gasteiger partial charge >= 0.3 is 12.0 Å². The van der Waals surface area contributed by atoms with Crippen molar-refractivity contribution in [2.24, 2.45) is 5.41 Å². The van der Waals surface area contributed by atoms with Gasteiger partial charge in [-0.15, -0.1) is 0 Å². The largest absolute Gasteiger partial charge is 0.481 e. The molecule has 0 heterocycles. The Morgan fingerprint density at radius 2 is 1.79 bits per heavy atom. The van der Waals surface area contributed by atoms with Gasteiger partial charge in [-0.3, -0.25) is 9.59 Å². The van der Waals surface area contributed by atoms with E-state index in [0.717, 1.165) is 0 Å². The molecule has 7 heteroatoms. The van der Waals surface area contributed by atoms with E-state index in [-0.39, 0.29) is 12.5 Å². The number of carbonyl (C=O) groups excluding carboxylic acids is 2. The van der Waals surface area contributed by atoms with Crippen molar-refractivity contribution in [1.29, 1.82) is 0 Å². The van der Waals surface area contributed by atoms with Crippen molar-refractivity contribution < 1.29 is 19.5 Å². The summed E-state index contributed by atoms with van der Waals surface area (Å²) in [5, 5.41) is 16.5. The summed E-state index contributed by atoms with van der Waals surface area (Å²) in [5.41, 5.74) is -1.01. The van der Waals surface area contributed by atoms with E-state index < -0.39 is 23.5 Å². The van der Waals surface area contributed by atoms with Gasteiger partial charge in [-0.1, -0.05) is 6.92 Å². The molecule has 0 spiro atoms. The van der Waals surface area contributed by atoms with E-state index >= 15 is 0 Å². The Bertz CT molecular complexity index is 346. The second kappa shape index (κ2) is 7.60. The summed E-state index contributed by atoms with van der Waals surface area (Å²) in [6.07, 6.45) is 0.397. The minimum atomic E-state index is -1.01. The van der Waals surface area contributed by atoms with E-state index in [1.54, 1.807) is 27.7 Å². The van der Waals surface area contributed by atoms with Crippen LogP contribution in [0.5, 0.6) is 0 Å². The topological polar surface area (TPSA) is 108 Å². The highest BCUT2D eigenvalue weighted by molar-refractivity contribution is 5.86. The third-order valence-corrected chi connectivity index (χ3v) is 3.03. The van der Waals surface area contributed by atoms with Crippen LogP contribution < -0.4 is 16.0 Å². The molecular formula is C12H23N3O4. The second-order valence-electron chi connectivity index (χ2n) is 4.66. The van der Waals surface area contributed by atoms with Gasteiger partial charge in [-0.2, -0.15) is 0 Å². The van der Waals surface area contributed by atoms with Crippen LogP contribution in [-0.4, -0.2) is 42.1 Å². The zero-order chi connectivity index (χ0) is 15.1. The number of hydrogen-bond acceptors (Lipinski definition) is 3. The maximum absolute atomic E-state index is 11.6. The average molecular weight is 273 g/mol. The van der Waals surface area contributed by atoms with Gasteiger partial charge in [-0.05, 0) is 27.2 Å². The molecule has 4 N–H and O–H groups in total. The third-order valence-electron chi connectivity index (χ3n) is 3.03. The Kier molecular flexibility index (Phi) is 6.89. The highest BCUT2D eigenvalue weighted by Gasteiger charge is 2.31. The smallest absolute Gasteiger partial charge is 0.315 e. The Hall–Kier alpha value is -1.79. The molecule has 0 aromatic carbocycles. The highest BCUT2D eigenvalue weighted by Crippen LogP contribution is 2.19. The Labute approximate surface area is 113 Å². The molecule has 0 saturated heterocycles. The molecule has 0 bridgehead atoms. The van der Waals surface area contributed by atoms with Crippen molar-refractivity contribution in [1.82, 2.24) is 16.0 Å². The lowest BCUT2D eigenvalue weighted by Crippen LogP contribution is -2.51. The molecule has 110 valence electrons. The summed E-state index contributed by atoms with van der Waals surface area (Å²) in [7, 11) is 0. The predicted molar refractivity (Wildman–Crippen MR) is 70.7 cm³/mol. The number of likely N-dealkylation sites (N-methyl/N-ethyl adjacent to an activating group) is 1. The van der Waals surface area contributed by atoms with Crippen LogP contribution in [0.15, 0.2) is 0 Å². The van der Waals surface area contributed by atoms with Crippen LogP contribution in [0.25, 0.3) is 0 Å². The lowest BCUT2D eigenvalue weighted by Gasteiger charge is -2.23. The molecule has 0 radical (unpaired) electrons. The van der Waals surface area contributed by atoms with Crippen LogP contribution in [0.4, 0.5) is 4.79 Å². The molecule has 0 rings (SSSR count). The van der Waals surface area contributed by atoms with Crippen molar-refractivity contribution in [2.45, 2.75) is 40.2 Å². The number of rotatable bonds is 7. The van der Waals surface area contributed by atoms with Gasteiger partial charge in [0.05, 0.1) is 5.41 Å². The van der Waals surface area contributed by atoms with E-state index in [9.17, 15) is 14.4 Å². The van der Waals surface area contributed by atoms with Crippen LogP contribution in [0.2, 0.25) is 0 Å². The van der Waals surface area contributed by atoms with Gasteiger partial charge in [0.2, 0.25) is 5.91 Å². The Balaban J connectivity index is 4.26. The normalized spacial score (nSPS) is 14.9. The first-order chi connectivity index (χ1) is 8.76. The fourth-order valence-electron chi connectivity index (χ4n) is 1.27. The standard InChI is InChI=1S/C12H23N3O4/c1-5-12(4,10(17)18)7-14-11(19)15-8(3)9(16)13-6-2/h8H,5-7H2,1-4H3,(H,13,16)(H,17,18)(H2,14,15,19). The maximum atomic E-state index is 11.6. The first kappa shape index (κ1) is 17.2. The zero-order valence-corrected chi connectivity index (χ0v) is 11.9. The first-order valence-corrected chi connectivity index (χ1v) is 6.32. The summed E-state index contributed by atoms with van der Waals surface area (Å²) >= 11 is 0. The van der Waals surface area contributed by atoms with Crippen molar-refractivity contribution in [3.63, 3.8) is 0 Å². The van der Waals surface area contributed by atoms with Gasteiger partial charge in [-0.25, -0.2) is 4.79 Å². The van der Waals surface area contributed by atoms with Crippen molar-refractivity contribution in [3.05, 3.63) is 0 Å². The SMILES string of the molecule is CCNC(=O)C(C)NC(=O)NCC(C)(CC)C(=O)O. The summed E-state index contributed by atoms with van der Waals surface area (Å²) in [4.78, 5) is 34.0. The fourth-order valence-corrected chi connectivity index (χ4v) is 1.27. The minimum Gasteiger partial charge on any atom is -0.481 e. The molecule has 0 saturated carbocycles. The van der Waals surface area contributed by atoms with Gasteiger partial charge in [0.15, 0.2) is 0 Å². The van der Waals surface area contributed by atoms with E-state index in [1.807, 2.05) is 0 Å².